The summed E-state index contributed by atoms with van der Waals surface area (Å²) in [5, 5.41) is 11.1. The van der Waals surface area contributed by atoms with Gasteiger partial charge in [-0.1, -0.05) is 30.1 Å². The molecule has 0 aromatic heterocycles. The number of unbranched alkanes of at least 4 members (excludes halogenated alkanes) is 1. The van der Waals surface area contributed by atoms with E-state index in [9.17, 15) is 4.79 Å². The van der Waals surface area contributed by atoms with Crippen molar-refractivity contribution in [3.8, 4) is 0 Å². The lowest BCUT2D eigenvalue weighted by atomic mass is 10.2. The molecule has 0 rings (SSSR count). The van der Waals surface area contributed by atoms with E-state index in [4.69, 9.17) is 5.21 Å². The number of allylic oxidation sites excluding steroid dienone is 1. The predicted molar refractivity (Wildman–Crippen MR) is 73.7 cm³/mol. The van der Waals surface area contributed by atoms with E-state index in [1.807, 2.05) is 0 Å². The molecular weight excluding hydrogens is 236 g/mol. The molecule has 0 aliphatic carbocycles. The van der Waals surface area contributed by atoms with Gasteiger partial charge in [-0.15, -0.1) is 0 Å². The van der Waals surface area contributed by atoms with Gasteiger partial charge in [0.1, 0.15) is 6.34 Å². The molecule has 0 aliphatic rings. The summed E-state index contributed by atoms with van der Waals surface area (Å²) in [6, 6.07) is 0. The van der Waals surface area contributed by atoms with Crippen molar-refractivity contribution in [2.24, 2.45) is 5.16 Å². The minimum atomic E-state index is -0.0366. The molecule has 1 amide bonds. The lowest BCUT2D eigenvalue weighted by Crippen LogP contribution is -2.25. The molecule has 0 saturated heterocycles. The van der Waals surface area contributed by atoms with Crippen molar-refractivity contribution in [3.63, 3.8) is 0 Å². The highest BCUT2D eigenvalue weighted by Gasteiger charge is 2.05. The summed E-state index contributed by atoms with van der Waals surface area (Å²) < 4.78 is 0. The molecule has 0 aromatic rings. The Balaban J connectivity index is 3.67. The minimum Gasteiger partial charge on any atom is -0.410 e. The van der Waals surface area contributed by atoms with Crippen LogP contribution in [0.2, 0.25) is 0 Å². The monoisotopic (exact) mass is 258 g/mol. The number of hydrogen-bond donors (Lipinski definition) is 1. The molecule has 17 heavy (non-hydrogen) atoms. The maximum atomic E-state index is 11.4. The standard InChI is InChI=1S/C12H22N2O2S/c1-4-5-6-11(2)9-17-8-7-12(15)14(3)10-13-16/h6,10,16H,4-5,7-9H2,1-3H3. The van der Waals surface area contributed by atoms with Crippen LogP contribution in [0.15, 0.2) is 16.8 Å². The van der Waals surface area contributed by atoms with Gasteiger partial charge in [0.05, 0.1) is 0 Å². The smallest absolute Gasteiger partial charge is 0.228 e. The lowest BCUT2D eigenvalue weighted by Gasteiger charge is -2.09. The Labute approximate surface area is 108 Å². The second-order valence-electron chi connectivity index (χ2n) is 3.88. The third kappa shape index (κ3) is 8.80. The van der Waals surface area contributed by atoms with Gasteiger partial charge < -0.3 is 10.1 Å². The first-order valence-electron chi connectivity index (χ1n) is 5.78. The summed E-state index contributed by atoms with van der Waals surface area (Å²) >= 11 is 1.75. The number of carbonyl (C=O) groups excluding carboxylic acids is 1. The number of amides is 1. The Morgan fingerprint density at radius 2 is 2.24 bits per heavy atom. The van der Waals surface area contributed by atoms with Crippen molar-refractivity contribution in [2.45, 2.75) is 33.1 Å². The highest BCUT2D eigenvalue weighted by molar-refractivity contribution is 7.99. The fourth-order valence-corrected chi connectivity index (χ4v) is 2.06. The Hall–Kier alpha value is -0.970. The number of nitrogens with zero attached hydrogens (tertiary/aromatic N) is 2. The number of oxime groups is 1. The van der Waals surface area contributed by atoms with Gasteiger partial charge in [-0.2, -0.15) is 11.8 Å². The van der Waals surface area contributed by atoms with E-state index < -0.39 is 0 Å². The zero-order valence-electron chi connectivity index (χ0n) is 10.8. The molecule has 0 aliphatic heterocycles. The molecular formula is C12H22N2O2S. The zero-order chi connectivity index (χ0) is 13.1. The second-order valence-corrected chi connectivity index (χ2v) is 4.98. The molecule has 0 unspecified atom stereocenters. The highest BCUT2D eigenvalue weighted by Crippen LogP contribution is 2.10. The van der Waals surface area contributed by atoms with Crippen LogP contribution in [0, 0.1) is 0 Å². The average molecular weight is 258 g/mol. The van der Waals surface area contributed by atoms with Crippen molar-refractivity contribution < 1.29 is 10.0 Å². The molecule has 1 N–H and O–H groups in total. The summed E-state index contributed by atoms with van der Waals surface area (Å²) in [5.41, 5.74) is 1.37. The topological polar surface area (TPSA) is 52.9 Å². The molecule has 4 nitrogen and oxygen atoms in total. The fraction of sp³-hybridized carbons (Fsp3) is 0.667. The van der Waals surface area contributed by atoms with Gasteiger partial charge in [0.2, 0.25) is 5.91 Å². The summed E-state index contributed by atoms with van der Waals surface area (Å²) in [7, 11) is 1.58. The van der Waals surface area contributed by atoms with Crippen molar-refractivity contribution in [1.29, 1.82) is 0 Å². The summed E-state index contributed by atoms with van der Waals surface area (Å²) in [6.45, 7) is 4.28. The van der Waals surface area contributed by atoms with Gasteiger partial charge >= 0.3 is 0 Å². The molecule has 0 radical (unpaired) electrons. The molecule has 0 saturated carbocycles. The van der Waals surface area contributed by atoms with Gasteiger partial charge in [-0.25, -0.2) is 0 Å². The number of carbonyl (C=O) groups is 1. The molecule has 0 aromatic carbocycles. The molecule has 0 spiro atoms. The van der Waals surface area contributed by atoms with Gasteiger partial charge in [0.15, 0.2) is 0 Å². The number of thioether (sulfide) groups is 1. The fourth-order valence-electron chi connectivity index (χ4n) is 1.16. The van der Waals surface area contributed by atoms with Crippen LogP contribution >= 0.6 is 11.8 Å². The van der Waals surface area contributed by atoms with E-state index in [2.05, 4.69) is 25.1 Å². The Bertz CT molecular complexity index is 278. The molecule has 0 atom stereocenters. The van der Waals surface area contributed by atoms with Crippen molar-refractivity contribution in [3.05, 3.63) is 11.6 Å². The molecule has 0 heterocycles. The summed E-state index contributed by atoms with van der Waals surface area (Å²) in [4.78, 5) is 12.7. The molecule has 98 valence electrons. The minimum absolute atomic E-state index is 0.0366. The maximum absolute atomic E-state index is 11.4. The Morgan fingerprint density at radius 3 is 2.82 bits per heavy atom. The van der Waals surface area contributed by atoms with E-state index in [0.717, 1.165) is 24.3 Å². The first kappa shape index (κ1) is 16.0. The molecule has 0 fully saturated rings. The SMILES string of the molecule is CCCC=C(C)CSCCC(=O)N(C)C=NO. The van der Waals surface area contributed by atoms with E-state index in [0.29, 0.717) is 6.42 Å². The molecule has 5 heteroatoms. The van der Waals surface area contributed by atoms with E-state index in [1.54, 1.807) is 18.8 Å². The first-order valence-corrected chi connectivity index (χ1v) is 6.93. The van der Waals surface area contributed by atoms with Crippen LogP contribution in [0.3, 0.4) is 0 Å². The van der Waals surface area contributed by atoms with Crippen LogP contribution in [0.1, 0.15) is 33.1 Å². The van der Waals surface area contributed by atoms with Gasteiger partial charge in [0, 0.05) is 25.0 Å². The van der Waals surface area contributed by atoms with Crippen LogP contribution in [-0.2, 0) is 4.79 Å². The van der Waals surface area contributed by atoms with Gasteiger partial charge in [0.25, 0.3) is 0 Å². The third-order valence-corrected chi connectivity index (χ3v) is 3.34. The van der Waals surface area contributed by atoms with Crippen LogP contribution in [0.25, 0.3) is 0 Å². The zero-order valence-corrected chi connectivity index (χ0v) is 11.7. The quantitative estimate of drug-likeness (QED) is 0.182. The largest absolute Gasteiger partial charge is 0.410 e. The van der Waals surface area contributed by atoms with Crippen LogP contribution in [0.5, 0.6) is 0 Å². The van der Waals surface area contributed by atoms with Gasteiger partial charge in [-0.3, -0.25) is 4.79 Å². The van der Waals surface area contributed by atoms with E-state index in [-0.39, 0.29) is 5.91 Å². The van der Waals surface area contributed by atoms with Gasteiger partial charge in [-0.05, 0) is 13.3 Å². The summed E-state index contributed by atoms with van der Waals surface area (Å²) in [6.07, 6.45) is 6.12. The van der Waals surface area contributed by atoms with E-state index >= 15 is 0 Å². The first-order chi connectivity index (χ1) is 8.11. The van der Waals surface area contributed by atoms with Crippen LogP contribution < -0.4 is 0 Å². The highest BCUT2D eigenvalue weighted by atomic mass is 32.2. The second kappa shape index (κ2) is 10.2. The Kier molecular flexibility index (Phi) is 9.62. The average Bonchev–Trinajstić information content (AvgIpc) is 2.32. The molecule has 0 bridgehead atoms. The lowest BCUT2D eigenvalue weighted by molar-refractivity contribution is -0.125. The summed E-state index contributed by atoms with van der Waals surface area (Å²) in [5.74, 6) is 1.73. The maximum Gasteiger partial charge on any atom is 0.228 e. The van der Waals surface area contributed by atoms with Crippen molar-refractivity contribution >= 4 is 24.0 Å². The number of hydrogen-bond acceptors (Lipinski definition) is 4. The van der Waals surface area contributed by atoms with Crippen LogP contribution in [0.4, 0.5) is 0 Å². The third-order valence-electron chi connectivity index (χ3n) is 2.19. The van der Waals surface area contributed by atoms with Crippen molar-refractivity contribution in [2.75, 3.05) is 18.6 Å². The van der Waals surface area contributed by atoms with Crippen LogP contribution in [-0.4, -0.2) is 40.9 Å². The van der Waals surface area contributed by atoms with Crippen molar-refractivity contribution in [1.82, 2.24) is 4.90 Å². The predicted octanol–water partition coefficient (Wildman–Crippen LogP) is 2.73. The number of rotatable bonds is 8. The normalized spacial score (nSPS) is 12.1. The Morgan fingerprint density at radius 1 is 1.53 bits per heavy atom. The van der Waals surface area contributed by atoms with E-state index in [1.165, 1.54) is 16.9 Å².